The molecule has 2 N–H and O–H groups in total. The lowest BCUT2D eigenvalue weighted by atomic mass is 9.78. The van der Waals surface area contributed by atoms with Gasteiger partial charge in [-0.3, -0.25) is 10.2 Å². The fourth-order valence-corrected chi connectivity index (χ4v) is 4.97. The second-order valence-corrected chi connectivity index (χ2v) is 12.3. The fraction of sp³-hybridized carbons (Fsp3) is 0.469. The standard InChI is InChI=1S/C32H42N2O4.BrH/c1-9-10-22-18-34(29(33)24(22)15-20-11-13-21(14-12-20)30(37)38-8)19-27(35)23-16-25(31(2,3)4)28(36)26(17-23)32(5,6)7;/h11-17,22,33,36H,9-10,18-19H2,1-8H3;1H/b24-15+,33-29?;. The number of nitrogens with one attached hydrogen (secondary N) is 1. The second-order valence-electron chi connectivity index (χ2n) is 12.3. The zero-order valence-corrected chi connectivity index (χ0v) is 26.2. The Labute approximate surface area is 243 Å². The van der Waals surface area contributed by atoms with Crippen molar-refractivity contribution in [2.24, 2.45) is 5.92 Å². The predicted molar refractivity (Wildman–Crippen MR) is 164 cm³/mol. The number of nitrogens with zero attached hydrogens (tertiary/aromatic N) is 1. The fourth-order valence-electron chi connectivity index (χ4n) is 4.97. The summed E-state index contributed by atoms with van der Waals surface area (Å²) < 4.78 is 4.78. The third-order valence-corrected chi connectivity index (χ3v) is 7.14. The Hall–Kier alpha value is -2.93. The van der Waals surface area contributed by atoms with Gasteiger partial charge in [0.15, 0.2) is 5.78 Å². The van der Waals surface area contributed by atoms with Crippen molar-refractivity contribution in [3.8, 4) is 5.75 Å². The van der Waals surface area contributed by atoms with Crippen molar-refractivity contribution in [3.05, 3.63) is 69.8 Å². The minimum absolute atomic E-state index is 0. The van der Waals surface area contributed by atoms with Crippen LogP contribution in [-0.2, 0) is 15.6 Å². The van der Waals surface area contributed by atoms with E-state index in [1.807, 2.05) is 76.8 Å². The van der Waals surface area contributed by atoms with Gasteiger partial charge in [-0.2, -0.15) is 0 Å². The van der Waals surface area contributed by atoms with Crippen LogP contribution in [0.1, 0.15) is 98.7 Å². The molecular formula is C32H43BrN2O4. The normalized spacial score (nSPS) is 16.8. The van der Waals surface area contributed by atoms with Crippen LogP contribution in [0.15, 0.2) is 42.0 Å². The van der Waals surface area contributed by atoms with E-state index >= 15 is 0 Å². The van der Waals surface area contributed by atoms with Crippen molar-refractivity contribution in [1.29, 1.82) is 5.41 Å². The lowest BCUT2D eigenvalue weighted by Gasteiger charge is -2.28. The van der Waals surface area contributed by atoms with E-state index in [0.717, 1.165) is 35.1 Å². The van der Waals surface area contributed by atoms with Crippen LogP contribution in [-0.4, -0.2) is 47.8 Å². The quantitative estimate of drug-likeness (QED) is 0.257. The number of carbonyl (C=O) groups excluding carboxylic acids is 2. The number of amidine groups is 1. The van der Waals surface area contributed by atoms with Crippen molar-refractivity contribution in [1.82, 2.24) is 4.90 Å². The molecule has 7 heteroatoms. The molecule has 3 rings (SSSR count). The van der Waals surface area contributed by atoms with Gasteiger partial charge in [0, 0.05) is 29.2 Å². The Morgan fingerprint density at radius 3 is 2.03 bits per heavy atom. The Morgan fingerprint density at radius 2 is 1.56 bits per heavy atom. The van der Waals surface area contributed by atoms with E-state index in [4.69, 9.17) is 10.1 Å². The summed E-state index contributed by atoms with van der Waals surface area (Å²) in [6.45, 7) is 15.0. The number of carbonyl (C=O) groups is 2. The minimum Gasteiger partial charge on any atom is -0.507 e. The molecule has 39 heavy (non-hydrogen) atoms. The summed E-state index contributed by atoms with van der Waals surface area (Å²) in [6, 6.07) is 10.8. The monoisotopic (exact) mass is 598 g/mol. The molecule has 2 aromatic rings. The van der Waals surface area contributed by atoms with Crippen molar-refractivity contribution in [2.45, 2.75) is 72.1 Å². The second kappa shape index (κ2) is 12.5. The number of benzene rings is 2. The molecule has 1 fully saturated rings. The Kier molecular flexibility index (Phi) is 10.3. The summed E-state index contributed by atoms with van der Waals surface area (Å²) >= 11 is 0. The van der Waals surface area contributed by atoms with Crippen LogP contribution in [0.4, 0.5) is 0 Å². The van der Waals surface area contributed by atoms with Gasteiger partial charge in [0.25, 0.3) is 0 Å². The zero-order chi connectivity index (χ0) is 28.4. The van der Waals surface area contributed by atoms with Gasteiger partial charge in [0.2, 0.25) is 0 Å². The number of ketones is 1. The van der Waals surface area contributed by atoms with Gasteiger partial charge in [-0.05, 0) is 58.7 Å². The molecule has 1 aliphatic rings. The Balaban J connectivity index is 0.00000533. The molecule has 0 bridgehead atoms. The molecular weight excluding hydrogens is 556 g/mol. The van der Waals surface area contributed by atoms with Crippen molar-refractivity contribution < 1.29 is 19.4 Å². The number of phenolic OH excluding ortho intramolecular Hbond substituents is 1. The van der Waals surface area contributed by atoms with Gasteiger partial charge >= 0.3 is 5.97 Å². The third-order valence-electron chi connectivity index (χ3n) is 7.14. The lowest BCUT2D eigenvalue weighted by Crippen LogP contribution is -2.31. The highest BCUT2D eigenvalue weighted by atomic mass is 79.9. The lowest BCUT2D eigenvalue weighted by molar-refractivity contribution is 0.0600. The largest absolute Gasteiger partial charge is 0.507 e. The van der Waals surface area contributed by atoms with Gasteiger partial charge in [0.05, 0.1) is 19.2 Å². The summed E-state index contributed by atoms with van der Waals surface area (Å²) in [4.78, 5) is 27.2. The Bertz CT molecular complexity index is 1220. The van der Waals surface area contributed by atoms with E-state index in [2.05, 4.69) is 6.92 Å². The maximum atomic E-state index is 13.6. The number of phenols is 1. The van der Waals surface area contributed by atoms with Crippen LogP contribution >= 0.6 is 17.0 Å². The van der Waals surface area contributed by atoms with Gasteiger partial charge in [0.1, 0.15) is 11.6 Å². The molecule has 0 aliphatic carbocycles. The highest BCUT2D eigenvalue weighted by Crippen LogP contribution is 2.40. The Morgan fingerprint density at radius 1 is 1.03 bits per heavy atom. The summed E-state index contributed by atoms with van der Waals surface area (Å²) in [5, 5.41) is 20.0. The minimum atomic E-state index is -0.384. The molecule has 1 saturated heterocycles. The number of hydrogen-bond donors (Lipinski definition) is 2. The molecule has 0 aromatic heterocycles. The molecule has 212 valence electrons. The SMILES string of the molecule is Br.CCCC1CN(CC(=O)c2cc(C(C)(C)C)c(O)c(C(C)(C)C)c2)C(=N)/C1=C/c1ccc(C(=O)OC)cc1. The molecule has 0 saturated carbocycles. The molecule has 0 amide bonds. The number of ether oxygens (including phenoxy) is 1. The summed E-state index contributed by atoms with van der Waals surface area (Å²) in [6.07, 6.45) is 3.88. The number of esters is 1. The smallest absolute Gasteiger partial charge is 0.337 e. The summed E-state index contributed by atoms with van der Waals surface area (Å²) in [5.74, 6) is 0.312. The number of likely N-dealkylation sites (tertiary alicyclic amines) is 1. The van der Waals surface area contributed by atoms with Gasteiger partial charge in [-0.15, -0.1) is 17.0 Å². The van der Waals surface area contributed by atoms with E-state index in [-0.39, 0.29) is 57.8 Å². The van der Waals surface area contributed by atoms with Crippen LogP contribution in [0.2, 0.25) is 0 Å². The molecule has 0 radical (unpaired) electrons. The number of aromatic hydroxyl groups is 1. The van der Waals surface area contributed by atoms with Gasteiger partial charge < -0.3 is 14.7 Å². The first kappa shape index (κ1) is 32.3. The molecule has 1 atom stereocenters. The highest BCUT2D eigenvalue weighted by molar-refractivity contribution is 8.93. The van der Waals surface area contributed by atoms with Crippen molar-refractivity contribution in [2.75, 3.05) is 20.2 Å². The van der Waals surface area contributed by atoms with Crippen LogP contribution < -0.4 is 0 Å². The first-order valence-corrected chi connectivity index (χ1v) is 13.3. The molecule has 1 unspecified atom stereocenters. The van der Waals surface area contributed by atoms with E-state index < -0.39 is 0 Å². The number of Topliss-reactive ketones (excluding diaryl/α,β-unsaturated/α-hetero) is 1. The molecule has 1 aliphatic heterocycles. The number of hydrogen-bond acceptors (Lipinski definition) is 5. The first-order valence-electron chi connectivity index (χ1n) is 13.3. The van der Waals surface area contributed by atoms with E-state index in [1.54, 1.807) is 12.1 Å². The van der Waals surface area contributed by atoms with Crippen LogP contribution in [0.3, 0.4) is 0 Å². The van der Waals surface area contributed by atoms with Crippen LogP contribution in [0, 0.1) is 11.3 Å². The van der Waals surface area contributed by atoms with Crippen LogP contribution in [0.25, 0.3) is 6.08 Å². The topological polar surface area (TPSA) is 90.7 Å². The van der Waals surface area contributed by atoms with E-state index in [9.17, 15) is 14.7 Å². The number of methoxy groups -OCH3 is 1. The van der Waals surface area contributed by atoms with Crippen LogP contribution in [0.5, 0.6) is 5.75 Å². The number of rotatable bonds is 7. The summed E-state index contributed by atoms with van der Waals surface area (Å²) in [5.41, 5.74) is 3.70. The first-order chi connectivity index (χ1) is 17.7. The zero-order valence-electron chi connectivity index (χ0n) is 24.5. The summed E-state index contributed by atoms with van der Waals surface area (Å²) in [7, 11) is 1.36. The van der Waals surface area contributed by atoms with E-state index in [0.29, 0.717) is 23.5 Å². The molecule has 1 heterocycles. The van der Waals surface area contributed by atoms with Gasteiger partial charge in [-0.1, -0.05) is 67.0 Å². The average molecular weight is 600 g/mol. The van der Waals surface area contributed by atoms with E-state index in [1.165, 1.54) is 7.11 Å². The third kappa shape index (κ3) is 7.38. The van der Waals surface area contributed by atoms with Crippen molar-refractivity contribution in [3.63, 3.8) is 0 Å². The molecule has 6 nitrogen and oxygen atoms in total. The van der Waals surface area contributed by atoms with Gasteiger partial charge in [-0.25, -0.2) is 4.79 Å². The predicted octanol–water partition coefficient (Wildman–Crippen LogP) is 7.33. The average Bonchev–Trinajstić information content (AvgIpc) is 3.11. The maximum absolute atomic E-state index is 13.6. The van der Waals surface area contributed by atoms with Crippen molar-refractivity contribution >= 4 is 40.6 Å². The highest BCUT2D eigenvalue weighted by Gasteiger charge is 2.34. The molecule has 0 spiro atoms. The number of halogens is 1. The molecule has 2 aromatic carbocycles. The maximum Gasteiger partial charge on any atom is 0.337 e.